The highest BCUT2D eigenvalue weighted by Gasteiger charge is 2.53. The second-order valence-corrected chi connectivity index (χ2v) is 3.99. The minimum absolute atomic E-state index is 0.273. The van der Waals surface area contributed by atoms with Gasteiger partial charge in [0.1, 0.15) is 0 Å². The second-order valence-electron chi connectivity index (χ2n) is 3.99. The summed E-state index contributed by atoms with van der Waals surface area (Å²) >= 11 is 0. The molecule has 1 aliphatic heterocycles. The number of carboxylic acid groups (broad SMARTS) is 1. The van der Waals surface area contributed by atoms with E-state index in [1.807, 2.05) is 6.92 Å². The normalized spacial score (nSPS) is 41.6. The first kappa shape index (κ1) is 8.05. The van der Waals surface area contributed by atoms with Crippen LogP contribution in [0.4, 0.5) is 0 Å². The number of carbonyl (C=O) groups is 1. The van der Waals surface area contributed by atoms with Crippen LogP contribution in [0.1, 0.15) is 26.2 Å². The molecule has 0 amide bonds. The maximum Gasteiger partial charge on any atom is 0.309 e. The first-order chi connectivity index (χ1) is 5.64. The van der Waals surface area contributed by atoms with Crippen molar-refractivity contribution in [3.8, 4) is 0 Å². The minimum Gasteiger partial charge on any atom is -0.481 e. The first-order valence-corrected chi connectivity index (χ1v) is 4.51. The van der Waals surface area contributed by atoms with E-state index in [4.69, 9.17) is 9.84 Å². The third kappa shape index (κ3) is 1.04. The van der Waals surface area contributed by atoms with E-state index in [1.54, 1.807) is 0 Å². The Labute approximate surface area is 71.7 Å². The summed E-state index contributed by atoms with van der Waals surface area (Å²) in [7, 11) is 0. The molecular formula is C9H14O3. The van der Waals surface area contributed by atoms with Crippen molar-refractivity contribution in [2.75, 3.05) is 6.61 Å². The van der Waals surface area contributed by atoms with Gasteiger partial charge < -0.3 is 9.84 Å². The smallest absolute Gasteiger partial charge is 0.309 e. The largest absolute Gasteiger partial charge is 0.481 e. The van der Waals surface area contributed by atoms with E-state index in [-0.39, 0.29) is 11.5 Å². The molecule has 0 bridgehead atoms. The van der Waals surface area contributed by atoms with Crippen LogP contribution in [-0.2, 0) is 9.53 Å². The second kappa shape index (κ2) is 2.46. The van der Waals surface area contributed by atoms with Gasteiger partial charge in [0, 0.05) is 6.61 Å². The number of rotatable bonds is 2. The average Bonchev–Trinajstić information content (AvgIpc) is 2.76. The maximum absolute atomic E-state index is 10.9. The molecule has 68 valence electrons. The molecule has 2 atom stereocenters. The van der Waals surface area contributed by atoms with E-state index in [9.17, 15) is 4.79 Å². The van der Waals surface area contributed by atoms with Gasteiger partial charge in [0.25, 0.3) is 0 Å². The van der Waals surface area contributed by atoms with Crippen molar-refractivity contribution in [3.05, 3.63) is 0 Å². The monoisotopic (exact) mass is 170 g/mol. The average molecular weight is 170 g/mol. The van der Waals surface area contributed by atoms with Gasteiger partial charge in [0.2, 0.25) is 0 Å². The van der Waals surface area contributed by atoms with Gasteiger partial charge in [-0.05, 0) is 32.1 Å². The van der Waals surface area contributed by atoms with E-state index < -0.39 is 5.97 Å². The van der Waals surface area contributed by atoms with Crippen molar-refractivity contribution in [2.45, 2.75) is 31.8 Å². The van der Waals surface area contributed by atoms with Crippen LogP contribution in [0.15, 0.2) is 0 Å². The molecule has 0 radical (unpaired) electrons. The standard InChI is InChI=1S/C9H14O3/c1-9(6-2-3-6)7(8(10)11)4-5-12-9/h6-7H,2-5H2,1H3,(H,10,11). The fourth-order valence-corrected chi connectivity index (χ4v) is 2.21. The molecule has 2 unspecified atom stereocenters. The summed E-state index contributed by atoms with van der Waals surface area (Å²) in [5.41, 5.74) is -0.355. The predicted octanol–water partition coefficient (Wildman–Crippen LogP) is 1.28. The fourth-order valence-electron chi connectivity index (χ4n) is 2.21. The molecule has 1 saturated heterocycles. The molecule has 3 nitrogen and oxygen atoms in total. The lowest BCUT2D eigenvalue weighted by Gasteiger charge is -2.27. The molecule has 0 spiro atoms. The van der Waals surface area contributed by atoms with Crippen LogP contribution >= 0.6 is 0 Å². The zero-order valence-corrected chi connectivity index (χ0v) is 7.25. The lowest BCUT2D eigenvalue weighted by atomic mass is 9.85. The number of carboxylic acids is 1. The van der Waals surface area contributed by atoms with Crippen LogP contribution in [0, 0.1) is 11.8 Å². The molecule has 0 aromatic rings. The van der Waals surface area contributed by atoms with Crippen LogP contribution in [0.25, 0.3) is 0 Å². The summed E-state index contributed by atoms with van der Waals surface area (Å²) in [4.78, 5) is 10.9. The Hall–Kier alpha value is -0.570. The highest BCUT2D eigenvalue weighted by Crippen LogP contribution is 2.49. The van der Waals surface area contributed by atoms with E-state index in [1.165, 1.54) is 0 Å². The zero-order valence-electron chi connectivity index (χ0n) is 7.25. The molecule has 1 saturated carbocycles. The van der Waals surface area contributed by atoms with Gasteiger partial charge in [-0.1, -0.05) is 0 Å². The van der Waals surface area contributed by atoms with Gasteiger partial charge in [-0.2, -0.15) is 0 Å². The molecule has 1 aliphatic carbocycles. The molecule has 2 fully saturated rings. The highest BCUT2D eigenvalue weighted by atomic mass is 16.5. The Morgan fingerprint density at radius 1 is 1.50 bits per heavy atom. The minimum atomic E-state index is -0.693. The van der Waals surface area contributed by atoms with Crippen molar-refractivity contribution in [1.82, 2.24) is 0 Å². The van der Waals surface area contributed by atoms with Crippen LogP contribution in [0.5, 0.6) is 0 Å². The Balaban J connectivity index is 2.16. The number of aliphatic carboxylic acids is 1. The molecular weight excluding hydrogens is 156 g/mol. The molecule has 2 rings (SSSR count). The third-order valence-corrected chi connectivity index (χ3v) is 3.20. The SMILES string of the molecule is CC1(C2CC2)OCCC1C(=O)O. The predicted molar refractivity (Wildman–Crippen MR) is 42.8 cm³/mol. The highest BCUT2D eigenvalue weighted by molar-refractivity contribution is 5.72. The number of hydrogen-bond acceptors (Lipinski definition) is 2. The van der Waals surface area contributed by atoms with Crippen molar-refractivity contribution < 1.29 is 14.6 Å². The van der Waals surface area contributed by atoms with Crippen LogP contribution < -0.4 is 0 Å². The van der Waals surface area contributed by atoms with Crippen molar-refractivity contribution in [1.29, 1.82) is 0 Å². The Bertz CT molecular complexity index is 210. The molecule has 0 aromatic heterocycles. The number of hydrogen-bond donors (Lipinski definition) is 1. The van der Waals surface area contributed by atoms with E-state index in [0.717, 1.165) is 12.8 Å². The van der Waals surface area contributed by atoms with E-state index >= 15 is 0 Å². The van der Waals surface area contributed by atoms with Crippen molar-refractivity contribution >= 4 is 5.97 Å². The lowest BCUT2D eigenvalue weighted by Crippen LogP contribution is -2.38. The Kier molecular flexibility index (Phi) is 1.65. The van der Waals surface area contributed by atoms with E-state index in [2.05, 4.69) is 0 Å². The summed E-state index contributed by atoms with van der Waals surface area (Å²) in [6.45, 7) is 2.57. The zero-order chi connectivity index (χ0) is 8.77. The molecule has 0 aromatic carbocycles. The Morgan fingerprint density at radius 3 is 2.67 bits per heavy atom. The van der Waals surface area contributed by atoms with Crippen LogP contribution in [0.3, 0.4) is 0 Å². The molecule has 1 N–H and O–H groups in total. The molecule has 1 heterocycles. The molecule has 2 aliphatic rings. The maximum atomic E-state index is 10.9. The van der Waals surface area contributed by atoms with Crippen molar-refractivity contribution in [3.63, 3.8) is 0 Å². The molecule has 3 heteroatoms. The van der Waals surface area contributed by atoms with Gasteiger partial charge in [0.05, 0.1) is 11.5 Å². The Morgan fingerprint density at radius 2 is 2.17 bits per heavy atom. The van der Waals surface area contributed by atoms with Gasteiger partial charge >= 0.3 is 5.97 Å². The number of ether oxygens (including phenoxy) is 1. The lowest BCUT2D eigenvalue weighted by molar-refractivity contribution is -0.148. The van der Waals surface area contributed by atoms with Gasteiger partial charge in [-0.15, -0.1) is 0 Å². The summed E-state index contributed by atoms with van der Waals surface area (Å²) in [5.74, 6) is -0.465. The first-order valence-electron chi connectivity index (χ1n) is 4.51. The van der Waals surface area contributed by atoms with Gasteiger partial charge in [0.15, 0.2) is 0 Å². The summed E-state index contributed by atoms with van der Waals surface area (Å²) < 4.78 is 5.56. The fraction of sp³-hybridized carbons (Fsp3) is 0.889. The van der Waals surface area contributed by atoms with Crippen LogP contribution in [-0.4, -0.2) is 23.3 Å². The summed E-state index contributed by atoms with van der Waals surface area (Å²) in [6.07, 6.45) is 2.96. The van der Waals surface area contributed by atoms with Gasteiger partial charge in [-0.3, -0.25) is 4.79 Å². The van der Waals surface area contributed by atoms with E-state index in [0.29, 0.717) is 18.9 Å². The van der Waals surface area contributed by atoms with Crippen molar-refractivity contribution in [2.24, 2.45) is 11.8 Å². The summed E-state index contributed by atoms with van der Waals surface area (Å²) in [6, 6.07) is 0. The quantitative estimate of drug-likeness (QED) is 0.679. The van der Waals surface area contributed by atoms with Crippen LogP contribution in [0.2, 0.25) is 0 Å². The topological polar surface area (TPSA) is 46.5 Å². The van der Waals surface area contributed by atoms with Gasteiger partial charge in [-0.25, -0.2) is 0 Å². The summed E-state index contributed by atoms with van der Waals surface area (Å²) in [5, 5.41) is 8.95. The molecule has 12 heavy (non-hydrogen) atoms. The third-order valence-electron chi connectivity index (χ3n) is 3.20.